The molecule has 0 bridgehead atoms. The first-order valence-electron chi connectivity index (χ1n) is 6.60. The number of carbonyl (C=O) groups is 1. The Morgan fingerprint density at radius 1 is 1.40 bits per heavy atom. The van der Waals surface area contributed by atoms with E-state index in [2.05, 4.69) is 0 Å². The van der Waals surface area contributed by atoms with Gasteiger partial charge in [-0.2, -0.15) is 0 Å². The zero-order valence-electron chi connectivity index (χ0n) is 11.1. The van der Waals surface area contributed by atoms with E-state index in [9.17, 15) is 13.6 Å². The van der Waals surface area contributed by atoms with E-state index in [4.69, 9.17) is 11.5 Å². The summed E-state index contributed by atoms with van der Waals surface area (Å²) in [7, 11) is 0. The van der Waals surface area contributed by atoms with Gasteiger partial charge < -0.3 is 11.5 Å². The molecule has 3 nitrogen and oxygen atoms in total. The van der Waals surface area contributed by atoms with Crippen LogP contribution in [0.2, 0.25) is 0 Å². The molecule has 0 aliphatic heterocycles. The fourth-order valence-corrected chi connectivity index (χ4v) is 3.70. The van der Waals surface area contributed by atoms with Gasteiger partial charge in [0.25, 0.3) is 0 Å². The Hall–Kier alpha value is -1.14. The molecule has 0 spiro atoms. The molecule has 0 aromatic heterocycles. The highest BCUT2D eigenvalue weighted by Gasteiger charge is 2.43. The summed E-state index contributed by atoms with van der Waals surface area (Å²) < 4.78 is 25.9. The highest BCUT2D eigenvalue weighted by atomic mass is 32.2. The lowest BCUT2D eigenvalue weighted by molar-refractivity contribution is -0.124. The average Bonchev–Trinajstić information content (AvgIpc) is 2.77. The average molecular weight is 300 g/mol. The molecule has 1 fully saturated rings. The number of amides is 1. The van der Waals surface area contributed by atoms with Gasteiger partial charge in [-0.15, -0.1) is 11.8 Å². The van der Waals surface area contributed by atoms with Crippen LogP contribution in [0.1, 0.15) is 25.7 Å². The third-order valence-electron chi connectivity index (χ3n) is 3.96. The molecule has 4 N–H and O–H groups in total. The monoisotopic (exact) mass is 300 g/mol. The van der Waals surface area contributed by atoms with E-state index in [1.807, 2.05) is 0 Å². The van der Waals surface area contributed by atoms with Gasteiger partial charge in [-0.05, 0) is 49.1 Å². The first-order chi connectivity index (χ1) is 9.43. The predicted molar refractivity (Wildman–Crippen MR) is 75.2 cm³/mol. The maximum Gasteiger partial charge on any atom is 0.237 e. The second-order valence-corrected chi connectivity index (χ2v) is 6.38. The maximum absolute atomic E-state index is 13.1. The standard InChI is InChI=1S/C14H18F2N2OS/c15-11-4-3-10(8-12(11)16)20-7-5-9-2-1-6-14(9,18)13(17)19/h3-4,8-9H,1-2,5-7,18H2,(H2,17,19). The van der Waals surface area contributed by atoms with Crippen molar-refractivity contribution in [2.75, 3.05) is 5.75 Å². The number of halogens is 2. The van der Waals surface area contributed by atoms with Crippen LogP contribution in [-0.4, -0.2) is 17.2 Å². The quantitative estimate of drug-likeness (QED) is 0.821. The van der Waals surface area contributed by atoms with Crippen molar-refractivity contribution >= 4 is 17.7 Å². The van der Waals surface area contributed by atoms with Crippen LogP contribution in [0.5, 0.6) is 0 Å². The number of nitrogens with two attached hydrogens (primary N) is 2. The molecule has 1 saturated carbocycles. The molecule has 1 aliphatic carbocycles. The number of carbonyl (C=O) groups excluding carboxylic acids is 1. The van der Waals surface area contributed by atoms with Crippen molar-refractivity contribution < 1.29 is 13.6 Å². The minimum atomic E-state index is -0.908. The van der Waals surface area contributed by atoms with Gasteiger partial charge in [-0.25, -0.2) is 8.78 Å². The number of hydrogen-bond acceptors (Lipinski definition) is 3. The Morgan fingerprint density at radius 2 is 2.15 bits per heavy atom. The third kappa shape index (κ3) is 3.12. The molecule has 110 valence electrons. The lowest BCUT2D eigenvalue weighted by Gasteiger charge is -2.27. The normalized spacial score (nSPS) is 25.9. The predicted octanol–water partition coefficient (Wildman–Crippen LogP) is 2.43. The smallest absolute Gasteiger partial charge is 0.237 e. The fourth-order valence-electron chi connectivity index (χ4n) is 2.71. The van der Waals surface area contributed by atoms with Crippen molar-refractivity contribution in [1.29, 1.82) is 0 Å². The van der Waals surface area contributed by atoms with Crippen LogP contribution < -0.4 is 11.5 Å². The molecule has 6 heteroatoms. The van der Waals surface area contributed by atoms with Crippen LogP contribution in [0.25, 0.3) is 0 Å². The van der Waals surface area contributed by atoms with Crippen molar-refractivity contribution in [3.05, 3.63) is 29.8 Å². The Labute approximate surface area is 121 Å². The zero-order chi connectivity index (χ0) is 14.8. The Kier molecular flexibility index (Phi) is 4.65. The van der Waals surface area contributed by atoms with Gasteiger partial charge in [0, 0.05) is 4.90 Å². The van der Waals surface area contributed by atoms with E-state index >= 15 is 0 Å². The molecule has 0 heterocycles. The third-order valence-corrected chi connectivity index (χ3v) is 4.98. The second kappa shape index (κ2) is 6.10. The van der Waals surface area contributed by atoms with Gasteiger partial charge in [0.2, 0.25) is 5.91 Å². The van der Waals surface area contributed by atoms with Gasteiger partial charge in [0.1, 0.15) is 0 Å². The van der Waals surface area contributed by atoms with Crippen molar-refractivity contribution in [2.45, 2.75) is 36.1 Å². The highest BCUT2D eigenvalue weighted by Crippen LogP contribution is 2.37. The molecule has 2 rings (SSSR count). The van der Waals surface area contributed by atoms with Crippen molar-refractivity contribution in [1.82, 2.24) is 0 Å². The molecule has 1 amide bonds. The molecular weight excluding hydrogens is 282 g/mol. The van der Waals surface area contributed by atoms with E-state index in [-0.39, 0.29) is 5.92 Å². The molecule has 0 radical (unpaired) electrons. The summed E-state index contributed by atoms with van der Waals surface area (Å²) in [4.78, 5) is 12.1. The first kappa shape index (κ1) is 15.3. The number of hydrogen-bond donors (Lipinski definition) is 2. The van der Waals surface area contributed by atoms with Gasteiger partial charge in [-0.3, -0.25) is 4.79 Å². The molecule has 1 aromatic rings. The van der Waals surface area contributed by atoms with Crippen LogP contribution in [0, 0.1) is 17.6 Å². The molecule has 2 atom stereocenters. The van der Waals surface area contributed by atoms with Crippen molar-refractivity contribution in [2.24, 2.45) is 17.4 Å². The van der Waals surface area contributed by atoms with Gasteiger partial charge in [0.05, 0.1) is 5.54 Å². The van der Waals surface area contributed by atoms with Crippen LogP contribution in [0.4, 0.5) is 8.78 Å². The van der Waals surface area contributed by atoms with E-state index in [1.165, 1.54) is 17.8 Å². The summed E-state index contributed by atoms with van der Waals surface area (Å²) in [6.07, 6.45) is 3.16. The zero-order valence-corrected chi connectivity index (χ0v) is 11.9. The number of thioether (sulfide) groups is 1. The first-order valence-corrected chi connectivity index (χ1v) is 7.58. The molecular formula is C14H18F2N2OS. The van der Waals surface area contributed by atoms with Gasteiger partial charge in [0.15, 0.2) is 11.6 Å². The van der Waals surface area contributed by atoms with Gasteiger partial charge in [-0.1, -0.05) is 6.42 Å². The van der Waals surface area contributed by atoms with Crippen LogP contribution in [-0.2, 0) is 4.79 Å². The maximum atomic E-state index is 13.1. The number of rotatable bonds is 5. The molecule has 1 aromatic carbocycles. The van der Waals surface area contributed by atoms with Gasteiger partial charge >= 0.3 is 0 Å². The number of benzene rings is 1. The second-order valence-electron chi connectivity index (χ2n) is 5.21. The minimum Gasteiger partial charge on any atom is -0.368 e. The largest absolute Gasteiger partial charge is 0.368 e. The molecule has 1 aliphatic rings. The van der Waals surface area contributed by atoms with Crippen molar-refractivity contribution in [3.63, 3.8) is 0 Å². The van der Waals surface area contributed by atoms with Crippen LogP contribution >= 0.6 is 11.8 Å². The summed E-state index contributed by atoms with van der Waals surface area (Å²) >= 11 is 1.43. The molecule has 20 heavy (non-hydrogen) atoms. The topological polar surface area (TPSA) is 69.1 Å². The minimum absolute atomic E-state index is 0.0674. The summed E-state index contributed by atoms with van der Waals surface area (Å²) in [5.41, 5.74) is 10.5. The lowest BCUT2D eigenvalue weighted by atomic mass is 9.85. The number of primary amides is 1. The summed E-state index contributed by atoms with van der Waals surface area (Å²) in [5, 5.41) is 0. The molecule has 0 saturated heterocycles. The summed E-state index contributed by atoms with van der Waals surface area (Å²) in [5.74, 6) is -1.38. The SMILES string of the molecule is NC(=O)C1(N)CCCC1CCSc1ccc(F)c(F)c1. The Morgan fingerprint density at radius 3 is 2.80 bits per heavy atom. The summed E-state index contributed by atoms with van der Waals surface area (Å²) in [6, 6.07) is 3.84. The van der Waals surface area contributed by atoms with E-state index in [1.54, 1.807) is 6.07 Å². The highest BCUT2D eigenvalue weighted by molar-refractivity contribution is 7.99. The van der Waals surface area contributed by atoms with E-state index < -0.39 is 23.1 Å². The van der Waals surface area contributed by atoms with Crippen LogP contribution in [0.3, 0.4) is 0 Å². The van der Waals surface area contributed by atoms with E-state index in [0.29, 0.717) is 17.1 Å². The Bertz CT molecular complexity index is 512. The summed E-state index contributed by atoms with van der Waals surface area (Å²) in [6.45, 7) is 0. The molecule has 2 unspecified atom stereocenters. The van der Waals surface area contributed by atoms with E-state index in [0.717, 1.165) is 25.3 Å². The Balaban J connectivity index is 1.89. The fraction of sp³-hybridized carbons (Fsp3) is 0.500. The lowest BCUT2D eigenvalue weighted by Crippen LogP contribution is -2.54. The van der Waals surface area contributed by atoms with Crippen molar-refractivity contribution in [3.8, 4) is 0 Å². The van der Waals surface area contributed by atoms with Crippen LogP contribution in [0.15, 0.2) is 23.1 Å².